The molecule has 1 unspecified atom stereocenters. The predicted molar refractivity (Wildman–Crippen MR) is 75.1 cm³/mol. The highest BCUT2D eigenvalue weighted by Gasteiger charge is 2.28. The Morgan fingerprint density at radius 3 is 2.39 bits per heavy atom. The van der Waals surface area contributed by atoms with Gasteiger partial charge in [-0.25, -0.2) is 0 Å². The molecular weight excluding hydrogens is 264 g/mol. The minimum atomic E-state index is -2.27. The second-order valence-corrected chi connectivity index (χ2v) is 7.79. The van der Waals surface area contributed by atoms with Crippen LogP contribution in [0.5, 0.6) is 0 Å². The average molecular weight is 276 g/mol. The van der Waals surface area contributed by atoms with Crippen LogP contribution >= 0.6 is 11.3 Å². The summed E-state index contributed by atoms with van der Waals surface area (Å²) in [4.78, 5) is 14.2. The molecule has 3 rings (SSSR count). The normalized spacial score (nSPS) is 17.2. The van der Waals surface area contributed by atoms with E-state index in [4.69, 9.17) is 0 Å². The second-order valence-electron chi connectivity index (χ2n) is 4.21. The molecule has 0 spiro atoms. The molecule has 1 saturated carbocycles. The first-order valence-electron chi connectivity index (χ1n) is 5.73. The van der Waals surface area contributed by atoms with Crippen LogP contribution in [0.25, 0.3) is 0 Å². The Bertz CT molecular complexity index is 698. The SMILES string of the molecule is O=Cc1cc(S(=O)(=C2CC2)c2ccccc2)cs1. The van der Waals surface area contributed by atoms with E-state index in [1.807, 2.05) is 35.7 Å². The molecular formula is C14H12O2S2. The van der Waals surface area contributed by atoms with Crippen LogP contribution in [-0.2, 0) is 9.52 Å². The summed E-state index contributed by atoms with van der Waals surface area (Å²) in [6.07, 6.45) is 2.68. The van der Waals surface area contributed by atoms with E-state index in [1.165, 1.54) is 11.3 Å². The van der Waals surface area contributed by atoms with Gasteiger partial charge in [0.25, 0.3) is 0 Å². The second kappa shape index (κ2) is 4.37. The molecule has 0 amide bonds. The first kappa shape index (κ1) is 11.7. The van der Waals surface area contributed by atoms with Crippen molar-refractivity contribution in [1.29, 1.82) is 0 Å². The van der Waals surface area contributed by atoms with E-state index in [0.717, 1.165) is 33.8 Å². The van der Waals surface area contributed by atoms with Crippen molar-refractivity contribution in [2.75, 3.05) is 0 Å². The van der Waals surface area contributed by atoms with Crippen molar-refractivity contribution < 1.29 is 9.00 Å². The third kappa shape index (κ3) is 1.82. The molecule has 1 aliphatic rings. The quantitative estimate of drug-likeness (QED) is 0.637. The van der Waals surface area contributed by atoms with Crippen LogP contribution in [0, 0.1) is 0 Å². The van der Waals surface area contributed by atoms with Gasteiger partial charge >= 0.3 is 0 Å². The molecule has 1 fully saturated rings. The van der Waals surface area contributed by atoms with Crippen molar-refractivity contribution >= 4 is 32.0 Å². The van der Waals surface area contributed by atoms with E-state index in [2.05, 4.69) is 0 Å². The molecule has 92 valence electrons. The molecule has 1 atom stereocenters. The van der Waals surface area contributed by atoms with Crippen LogP contribution in [0.1, 0.15) is 22.5 Å². The number of rotatable bonds is 3. The minimum Gasteiger partial charge on any atom is -0.297 e. The maximum atomic E-state index is 13.3. The maximum absolute atomic E-state index is 13.3. The molecule has 0 radical (unpaired) electrons. The fourth-order valence-corrected chi connectivity index (χ4v) is 5.75. The van der Waals surface area contributed by atoms with E-state index in [-0.39, 0.29) is 0 Å². The summed E-state index contributed by atoms with van der Waals surface area (Å²) in [5, 5.41) is 1.85. The Labute approximate surface area is 110 Å². The largest absolute Gasteiger partial charge is 0.297 e. The van der Waals surface area contributed by atoms with Gasteiger partial charge in [-0.15, -0.1) is 11.3 Å². The van der Waals surface area contributed by atoms with Crippen LogP contribution in [0.2, 0.25) is 0 Å². The number of hydrogen-bond donors (Lipinski definition) is 0. The van der Waals surface area contributed by atoms with Gasteiger partial charge in [0.15, 0.2) is 6.29 Å². The number of carbonyl (C=O) groups excluding carboxylic acids is 1. The highest BCUT2D eigenvalue weighted by molar-refractivity contribution is 8.03. The Balaban J connectivity index is 2.24. The summed E-state index contributed by atoms with van der Waals surface area (Å²) in [7, 11) is -2.27. The Morgan fingerprint density at radius 2 is 1.83 bits per heavy atom. The molecule has 0 aliphatic heterocycles. The number of benzene rings is 1. The van der Waals surface area contributed by atoms with Crippen LogP contribution in [0.4, 0.5) is 0 Å². The van der Waals surface area contributed by atoms with Crippen LogP contribution in [0.15, 0.2) is 51.6 Å². The summed E-state index contributed by atoms with van der Waals surface area (Å²) in [5.41, 5.74) is 0. The lowest BCUT2D eigenvalue weighted by molar-refractivity contribution is 0.112. The number of carbonyl (C=O) groups is 1. The molecule has 18 heavy (non-hydrogen) atoms. The zero-order valence-corrected chi connectivity index (χ0v) is 11.3. The van der Waals surface area contributed by atoms with Gasteiger partial charge in [-0.2, -0.15) is 0 Å². The van der Waals surface area contributed by atoms with Crippen molar-refractivity contribution in [2.45, 2.75) is 22.6 Å². The van der Waals surface area contributed by atoms with Crippen molar-refractivity contribution in [3.05, 3.63) is 46.7 Å². The van der Waals surface area contributed by atoms with Crippen LogP contribution < -0.4 is 0 Å². The molecule has 1 heterocycles. The van der Waals surface area contributed by atoms with Gasteiger partial charge in [-0.1, -0.05) is 18.2 Å². The van der Waals surface area contributed by atoms with Gasteiger partial charge in [0.2, 0.25) is 0 Å². The highest BCUT2D eigenvalue weighted by atomic mass is 32.2. The fourth-order valence-electron chi connectivity index (χ4n) is 1.97. The summed E-state index contributed by atoms with van der Waals surface area (Å²) < 4.78 is 13.3. The lowest BCUT2D eigenvalue weighted by atomic mass is 10.4. The van der Waals surface area contributed by atoms with Crippen LogP contribution in [-0.4, -0.2) is 15.4 Å². The van der Waals surface area contributed by atoms with Gasteiger partial charge in [0.1, 0.15) is 0 Å². The molecule has 2 nitrogen and oxygen atoms in total. The topological polar surface area (TPSA) is 34.1 Å². The van der Waals surface area contributed by atoms with E-state index >= 15 is 0 Å². The van der Waals surface area contributed by atoms with E-state index in [1.54, 1.807) is 6.07 Å². The lowest BCUT2D eigenvalue weighted by Gasteiger charge is -2.09. The summed E-state index contributed by atoms with van der Waals surface area (Å²) in [6.45, 7) is 0. The van der Waals surface area contributed by atoms with Crippen molar-refractivity contribution in [1.82, 2.24) is 0 Å². The smallest absolute Gasteiger partial charge is 0.160 e. The van der Waals surface area contributed by atoms with Gasteiger partial charge in [0.05, 0.1) is 4.88 Å². The number of hydrogen-bond acceptors (Lipinski definition) is 3. The van der Waals surface area contributed by atoms with Crippen molar-refractivity contribution in [3.63, 3.8) is 0 Å². The van der Waals surface area contributed by atoms with Gasteiger partial charge in [0, 0.05) is 24.7 Å². The van der Waals surface area contributed by atoms with Gasteiger partial charge in [-0.05, 0) is 35.9 Å². The zero-order chi connectivity index (χ0) is 12.6. The Hall–Kier alpha value is -1.39. The standard InChI is InChI=1S/C14H12O2S2/c15-9-11-8-14(10-17-11)18(16,13-6-7-13)12-4-2-1-3-5-12/h1-5,8-10H,6-7H2. The minimum absolute atomic E-state index is 0.634. The third-order valence-corrected chi connectivity index (χ3v) is 7.04. The first-order valence-corrected chi connectivity index (χ1v) is 8.16. The first-order chi connectivity index (χ1) is 8.75. The molecule has 2 aromatic rings. The van der Waals surface area contributed by atoms with Crippen LogP contribution in [0.3, 0.4) is 0 Å². The Kier molecular flexibility index (Phi) is 2.84. The number of aldehydes is 1. The average Bonchev–Trinajstić information content (AvgIpc) is 3.17. The van der Waals surface area contributed by atoms with E-state index in [9.17, 15) is 9.00 Å². The molecule has 0 saturated heterocycles. The molecule has 1 aromatic carbocycles. The van der Waals surface area contributed by atoms with Crippen molar-refractivity contribution in [2.24, 2.45) is 0 Å². The van der Waals surface area contributed by atoms with E-state index < -0.39 is 9.52 Å². The molecule has 1 aromatic heterocycles. The fraction of sp³-hybridized carbons (Fsp3) is 0.143. The maximum Gasteiger partial charge on any atom is 0.160 e. The lowest BCUT2D eigenvalue weighted by Crippen LogP contribution is -2.05. The predicted octanol–water partition coefficient (Wildman–Crippen LogP) is 3.23. The number of thiophene rings is 1. The summed E-state index contributed by atoms with van der Waals surface area (Å²) in [6, 6.07) is 11.3. The highest BCUT2D eigenvalue weighted by Crippen LogP contribution is 2.33. The van der Waals surface area contributed by atoms with Crippen molar-refractivity contribution in [3.8, 4) is 0 Å². The molecule has 1 aliphatic carbocycles. The Morgan fingerprint density at radius 1 is 1.11 bits per heavy atom. The summed E-state index contributed by atoms with van der Waals surface area (Å²) in [5.74, 6) is 0. The van der Waals surface area contributed by atoms with Gasteiger partial charge in [-0.3, -0.25) is 9.00 Å². The van der Waals surface area contributed by atoms with Gasteiger partial charge < -0.3 is 0 Å². The zero-order valence-electron chi connectivity index (χ0n) is 9.67. The monoisotopic (exact) mass is 276 g/mol. The molecule has 0 bridgehead atoms. The van der Waals surface area contributed by atoms with E-state index in [0.29, 0.717) is 4.88 Å². The molecule has 4 heteroatoms. The third-order valence-electron chi connectivity index (χ3n) is 2.98. The summed E-state index contributed by atoms with van der Waals surface area (Å²) >= 11 is 1.36. The molecule has 0 N–H and O–H groups in total.